The van der Waals surface area contributed by atoms with Gasteiger partial charge in [0.15, 0.2) is 6.10 Å². The van der Waals surface area contributed by atoms with Gasteiger partial charge < -0.3 is 14.2 Å². The smallest absolute Gasteiger partial charge is 0.306 e. The van der Waals surface area contributed by atoms with E-state index in [-0.39, 0.29) is 44.0 Å². The molecule has 0 aliphatic carbocycles. The van der Waals surface area contributed by atoms with E-state index in [9.17, 15) is 14.4 Å². The van der Waals surface area contributed by atoms with Crippen molar-refractivity contribution in [1.29, 1.82) is 0 Å². The number of hydrogen-bond donors (Lipinski definition) is 0. The number of carbonyl (C=O) groups excluding carboxylic acids is 3. The highest BCUT2D eigenvalue weighted by molar-refractivity contribution is 5.71. The lowest BCUT2D eigenvalue weighted by atomic mass is 10.1. The van der Waals surface area contributed by atoms with Gasteiger partial charge in [-0.25, -0.2) is 0 Å². The molecule has 1 unspecified atom stereocenters. The van der Waals surface area contributed by atoms with Gasteiger partial charge in [-0.05, 0) is 116 Å². The fourth-order valence-corrected chi connectivity index (χ4v) is 7.26. The molecule has 0 aliphatic rings. The standard InChI is InChI=1S/C62H102O6/c1-4-7-10-13-16-19-22-25-28-31-34-37-40-43-46-49-52-55-61(64)67-58-59(57-66-60(63)54-51-48-45-42-39-36-33-30-27-24-21-18-15-12-9-6-3)68-62(65)56-53-50-47-44-41-38-35-32-29-26-23-20-17-14-11-8-5-2/h16,19,25-26,28-30,33-39,43-44,46-47,59H,4-15,17-18,20-24,27,31-32,40-42,45,48-58H2,1-3H3/b19-16-,28-25-,29-26-,33-30-,37-34-,38-35-,39-36-,46-43-,47-44-. The van der Waals surface area contributed by atoms with Crippen LogP contribution in [0.15, 0.2) is 109 Å². The number of carbonyl (C=O) groups is 3. The Morgan fingerprint density at radius 3 is 1.00 bits per heavy atom. The first-order chi connectivity index (χ1) is 33.5. The second-order valence-corrected chi connectivity index (χ2v) is 18.2. The first kappa shape index (κ1) is 64.1. The van der Waals surface area contributed by atoms with Gasteiger partial charge >= 0.3 is 17.9 Å². The Morgan fingerprint density at radius 1 is 0.309 bits per heavy atom. The highest BCUT2D eigenvalue weighted by Gasteiger charge is 2.19. The van der Waals surface area contributed by atoms with Crippen LogP contribution in [0, 0.1) is 0 Å². The zero-order valence-electron chi connectivity index (χ0n) is 44.1. The highest BCUT2D eigenvalue weighted by Crippen LogP contribution is 2.12. The highest BCUT2D eigenvalue weighted by atomic mass is 16.6. The summed E-state index contributed by atoms with van der Waals surface area (Å²) in [7, 11) is 0. The van der Waals surface area contributed by atoms with Gasteiger partial charge in [-0.1, -0.05) is 220 Å². The predicted octanol–water partition coefficient (Wildman–Crippen LogP) is 18.7. The van der Waals surface area contributed by atoms with E-state index in [1.54, 1.807) is 0 Å². The minimum atomic E-state index is -0.839. The molecule has 0 aromatic rings. The Kier molecular flexibility index (Phi) is 52.4. The molecular weight excluding hydrogens is 841 g/mol. The number of esters is 3. The van der Waals surface area contributed by atoms with Gasteiger partial charge in [-0.3, -0.25) is 14.4 Å². The van der Waals surface area contributed by atoms with E-state index in [1.807, 2.05) is 0 Å². The predicted molar refractivity (Wildman–Crippen MR) is 293 cm³/mol. The third kappa shape index (κ3) is 53.0. The van der Waals surface area contributed by atoms with Crippen molar-refractivity contribution in [3.63, 3.8) is 0 Å². The topological polar surface area (TPSA) is 78.9 Å². The van der Waals surface area contributed by atoms with Crippen molar-refractivity contribution < 1.29 is 28.6 Å². The van der Waals surface area contributed by atoms with Crippen molar-refractivity contribution in [2.75, 3.05) is 13.2 Å². The van der Waals surface area contributed by atoms with Crippen LogP contribution in [0.4, 0.5) is 0 Å². The summed E-state index contributed by atoms with van der Waals surface area (Å²) in [5.41, 5.74) is 0. The molecule has 0 heterocycles. The summed E-state index contributed by atoms with van der Waals surface area (Å²) in [5.74, 6) is -1.07. The normalized spacial score (nSPS) is 12.9. The number of ether oxygens (including phenoxy) is 3. The fraction of sp³-hybridized carbons (Fsp3) is 0.661. The van der Waals surface area contributed by atoms with Crippen LogP contribution >= 0.6 is 0 Å². The van der Waals surface area contributed by atoms with Crippen molar-refractivity contribution in [3.05, 3.63) is 109 Å². The molecule has 68 heavy (non-hydrogen) atoms. The molecule has 6 heteroatoms. The molecule has 0 bridgehead atoms. The van der Waals surface area contributed by atoms with Crippen LogP contribution in [0.5, 0.6) is 0 Å². The molecule has 0 aromatic heterocycles. The van der Waals surface area contributed by atoms with Crippen LogP contribution in [0.3, 0.4) is 0 Å². The molecule has 0 spiro atoms. The van der Waals surface area contributed by atoms with Gasteiger partial charge in [0.25, 0.3) is 0 Å². The maximum absolute atomic E-state index is 12.8. The van der Waals surface area contributed by atoms with E-state index in [0.717, 1.165) is 77.0 Å². The van der Waals surface area contributed by atoms with Gasteiger partial charge in [-0.15, -0.1) is 0 Å². The van der Waals surface area contributed by atoms with Gasteiger partial charge in [0.05, 0.1) is 0 Å². The number of unbranched alkanes of at least 4 members (excludes halogenated alkanes) is 21. The van der Waals surface area contributed by atoms with Crippen LogP contribution < -0.4 is 0 Å². The minimum absolute atomic E-state index is 0.130. The Bertz CT molecular complexity index is 1410. The molecule has 0 saturated carbocycles. The monoisotopic (exact) mass is 943 g/mol. The third-order valence-electron chi connectivity index (χ3n) is 11.5. The average molecular weight is 943 g/mol. The van der Waals surface area contributed by atoms with E-state index in [0.29, 0.717) is 19.3 Å². The summed E-state index contributed by atoms with van der Waals surface area (Å²) in [4.78, 5) is 38.1. The molecule has 0 aliphatic heterocycles. The summed E-state index contributed by atoms with van der Waals surface area (Å²) >= 11 is 0. The van der Waals surface area contributed by atoms with E-state index in [2.05, 4.69) is 130 Å². The summed E-state index contributed by atoms with van der Waals surface area (Å²) in [6.45, 7) is 6.48. The average Bonchev–Trinajstić information content (AvgIpc) is 3.34. The second kappa shape index (κ2) is 55.7. The molecule has 6 nitrogen and oxygen atoms in total. The minimum Gasteiger partial charge on any atom is -0.462 e. The molecule has 0 N–H and O–H groups in total. The third-order valence-corrected chi connectivity index (χ3v) is 11.5. The van der Waals surface area contributed by atoms with Crippen LogP contribution in [0.2, 0.25) is 0 Å². The molecule has 0 rings (SSSR count). The van der Waals surface area contributed by atoms with E-state index in [4.69, 9.17) is 14.2 Å². The molecule has 0 saturated heterocycles. The maximum atomic E-state index is 12.8. The second-order valence-electron chi connectivity index (χ2n) is 18.2. The number of rotatable bonds is 49. The van der Waals surface area contributed by atoms with Gasteiger partial charge in [0.1, 0.15) is 13.2 Å². The molecule has 386 valence electrons. The SMILES string of the molecule is CCCCC/C=C\C/C=C\C/C=C\C/C=C\CCCC(=O)OCC(COC(=O)CCCCC/C=C\C=C/CCCCCCCCC)OC(=O)CCC/C=C\C/C=C\C/C=C\CCCCCCCC. The molecule has 0 fully saturated rings. The van der Waals surface area contributed by atoms with E-state index >= 15 is 0 Å². The summed E-state index contributed by atoms with van der Waals surface area (Å²) in [6.07, 6.45) is 75.2. The Hall–Kier alpha value is -3.93. The van der Waals surface area contributed by atoms with Crippen molar-refractivity contribution >= 4 is 17.9 Å². The van der Waals surface area contributed by atoms with E-state index in [1.165, 1.54) is 116 Å². The van der Waals surface area contributed by atoms with Crippen LogP contribution in [0.1, 0.15) is 245 Å². The first-order valence-electron chi connectivity index (χ1n) is 27.9. The molecule has 0 radical (unpaired) electrons. The largest absolute Gasteiger partial charge is 0.462 e. The quantitative estimate of drug-likeness (QED) is 0.0199. The van der Waals surface area contributed by atoms with Crippen LogP contribution in [-0.4, -0.2) is 37.2 Å². The van der Waals surface area contributed by atoms with Gasteiger partial charge in [0.2, 0.25) is 0 Å². The molecule has 0 aromatic carbocycles. The summed E-state index contributed by atoms with van der Waals surface area (Å²) in [5, 5.41) is 0. The fourth-order valence-electron chi connectivity index (χ4n) is 7.26. The van der Waals surface area contributed by atoms with Crippen LogP contribution in [0.25, 0.3) is 0 Å². The van der Waals surface area contributed by atoms with Crippen molar-refractivity contribution in [3.8, 4) is 0 Å². The first-order valence-corrected chi connectivity index (χ1v) is 27.9. The maximum Gasteiger partial charge on any atom is 0.306 e. The lowest BCUT2D eigenvalue weighted by molar-refractivity contribution is -0.167. The molecular formula is C62H102O6. The van der Waals surface area contributed by atoms with Gasteiger partial charge in [-0.2, -0.15) is 0 Å². The van der Waals surface area contributed by atoms with E-state index < -0.39 is 6.10 Å². The lowest BCUT2D eigenvalue weighted by Gasteiger charge is -2.18. The summed E-state index contributed by atoms with van der Waals surface area (Å²) < 4.78 is 16.7. The number of hydrogen-bond acceptors (Lipinski definition) is 6. The lowest BCUT2D eigenvalue weighted by Crippen LogP contribution is -2.30. The summed E-state index contributed by atoms with van der Waals surface area (Å²) in [6, 6.07) is 0. The van der Waals surface area contributed by atoms with Crippen molar-refractivity contribution in [1.82, 2.24) is 0 Å². The number of allylic oxidation sites excluding steroid dienone is 18. The zero-order valence-corrected chi connectivity index (χ0v) is 44.1. The molecule has 1 atom stereocenters. The Labute approximate surface area is 419 Å². The zero-order chi connectivity index (χ0) is 49.3. The van der Waals surface area contributed by atoms with Crippen LogP contribution in [-0.2, 0) is 28.6 Å². The van der Waals surface area contributed by atoms with Crippen molar-refractivity contribution in [2.45, 2.75) is 252 Å². The molecule has 0 amide bonds. The van der Waals surface area contributed by atoms with Gasteiger partial charge in [0, 0.05) is 19.3 Å². The Morgan fingerprint density at radius 2 is 0.588 bits per heavy atom. The van der Waals surface area contributed by atoms with Crippen molar-refractivity contribution in [2.24, 2.45) is 0 Å². The Balaban J connectivity index is 4.61.